The van der Waals surface area contributed by atoms with Crippen LogP contribution in [0.3, 0.4) is 0 Å². The minimum atomic E-state index is -4.37. The van der Waals surface area contributed by atoms with Crippen LogP contribution in [-0.2, 0) is 14.3 Å². The molecule has 2 unspecified atom stereocenters. The van der Waals surface area contributed by atoms with Crippen molar-refractivity contribution < 1.29 is 27.4 Å². The molecular formula is C9H14F3NO3. The minimum Gasteiger partial charge on any atom is -0.468 e. The summed E-state index contributed by atoms with van der Waals surface area (Å²) in [5.41, 5.74) is -1.38. The number of hydrogen-bond acceptors (Lipinski definition) is 4. The summed E-state index contributed by atoms with van der Waals surface area (Å²) in [6, 6.07) is 0. The van der Waals surface area contributed by atoms with Gasteiger partial charge in [0.1, 0.15) is 5.54 Å². The number of halogens is 3. The van der Waals surface area contributed by atoms with Crippen LogP contribution in [0.15, 0.2) is 0 Å². The van der Waals surface area contributed by atoms with Crippen LogP contribution in [0.1, 0.15) is 13.3 Å². The van der Waals surface area contributed by atoms with Gasteiger partial charge in [0.25, 0.3) is 0 Å². The van der Waals surface area contributed by atoms with E-state index in [2.05, 4.69) is 10.1 Å². The second-order valence-corrected chi connectivity index (χ2v) is 3.69. The highest BCUT2D eigenvalue weighted by Gasteiger charge is 2.50. The summed E-state index contributed by atoms with van der Waals surface area (Å²) in [7, 11) is 1.14. The van der Waals surface area contributed by atoms with E-state index in [9.17, 15) is 18.0 Å². The summed E-state index contributed by atoms with van der Waals surface area (Å²) in [4.78, 5) is 11.5. The van der Waals surface area contributed by atoms with Gasteiger partial charge in [-0.25, -0.2) is 4.79 Å². The van der Waals surface area contributed by atoms with Crippen molar-refractivity contribution in [2.45, 2.75) is 31.2 Å². The Morgan fingerprint density at radius 3 is 2.62 bits per heavy atom. The Hall–Kier alpha value is -0.820. The molecule has 0 saturated carbocycles. The van der Waals surface area contributed by atoms with Crippen LogP contribution < -0.4 is 5.32 Å². The molecule has 16 heavy (non-hydrogen) atoms. The smallest absolute Gasteiger partial charge is 0.401 e. The average molecular weight is 241 g/mol. The molecule has 2 atom stereocenters. The van der Waals surface area contributed by atoms with Crippen LogP contribution in [-0.4, -0.2) is 44.0 Å². The summed E-state index contributed by atoms with van der Waals surface area (Å²) in [6.07, 6.45) is -4.83. The summed E-state index contributed by atoms with van der Waals surface area (Å²) < 4.78 is 46.0. The molecule has 1 N–H and O–H groups in total. The first kappa shape index (κ1) is 13.2. The SMILES string of the molecule is COC(=O)C1(NCC(F)(F)F)CCOC1C. The zero-order valence-electron chi connectivity index (χ0n) is 9.06. The van der Waals surface area contributed by atoms with Crippen molar-refractivity contribution in [3.63, 3.8) is 0 Å². The van der Waals surface area contributed by atoms with Crippen LogP contribution in [0.4, 0.5) is 13.2 Å². The van der Waals surface area contributed by atoms with E-state index in [1.165, 1.54) is 0 Å². The molecule has 4 nitrogen and oxygen atoms in total. The van der Waals surface area contributed by atoms with Gasteiger partial charge in [0, 0.05) is 13.0 Å². The minimum absolute atomic E-state index is 0.178. The molecule has 1 fully saturated rings. The number of ether oxygens (including phenoxy) is 2. The molecule has 1 aliphatic rings. The van der Waals surface area contributed by atoms with Crippen molar-refractivity contribution in [1.82, 2.24) is 5.32 Å². The van der Waals surface area contributed by atoms with E-state index in [4.69, 9.17) is 4.74 Å². The summed E-state index contributed by atoms with van der Waals surface area (Å²) >= 11 is 0. The largest absolute Gasteiger partial charge is 0.468 e. The lowest BCUT2D eigenvalue weighted by Crippen LogP contribution is -2.59. The van der Waals surface area contributed by atoms with Crippen molar-refractivity contribution in [3.05, 3.63) is 0 Å². The third kappa shape index (κ3) is 2.65. The van der Waals surface area contributed by atoms with Crippen molar-refractivity contribution in [2.24, 2.45) is 0 Å². The number of carbonyl (C=O) groups is 1. The molecular weight excluding hydrogens is 227 g/mol. The molecule has 0 aliphatic carbocycles. The Morgan fingerprint density at radius 1 is 1.62 bits per heavy atom. The maximum absolute atomic E-state index is 12.1. The summed E-state index contributed by atoms with van der Waals surface area (Å²) in [5.74, 6) is -0.721. The molecule has 1 heterocycles. The van der Waals surface area contributed by atoms with Gasteiger partial charge in [-0.15, -0.1) is 0 Å². The highest BCUT2D eigenvalue weighted by atomic mass is 19.4. The van der Waals surface area contributed by atoms with E-state index in [0.29, 0.717) is 0 Å². The molecule has 0 aromatic heterocycles. The van der Waals surface area contributed by atoms with Gasteiger partial charge < -0.3 is 9.47 Å². The van der Waals surface area contributed by atoms with Crippen LogP contribution in [0.5, 0.6) is 0 Å². The Labute approximate surface area is 91.1 Å². The van der Waals surface area contributed by atoms with Crippen LogP contribution >= 0.6 is 0 Å². The van der Waals surface area contributed by atoms with Gasteiger partial charge in [-0.1, -0.05) is 0 Å². The third-order valence-electron chi connectivity index (χ3n) is 2.71. The predicted octanol–water partition coefficient (Wildman–Crippen LogP) is 0.859. The standard InChI is InChI=1S/C9H14F3NO3/c1-6-8(3-4-16-6,7(14)15-2)13-5-9(10,11)12/h6,13H,3-5H2,1-2H3. The normalized spacial score (nSPS) is 30.4. The van der Waals surface area contributed by atoms with E-state index < -0.39 is 30.3 Å². The van der Waals surface area contributed by atoms with E-state index in [0.717, 1.165) is 7.11 Å². The Morgan fingerprint density at radius 2 is 2.25 bits per heavy atom. The molecule has 0 aromatic carbocycles. The molecule has 1 aliphatic heterocycles. The van der Waals surface area contributed by atoms with Gasteiger partial charge in [-0.3, -0.25) is 5.32 Å². The van der Waals surface area contributed by atoms with Gasteiger partial charge in [0.15, 0.2) is 0 Å². The number of methoxy groups -OCH3 is 1. The molecule has 1 rings (SSSR count). The molecule has 0 spiro atoms. The first-order chi connectivity index (χ1) is 7.32. The van der Waals surface area contributed by atoms with Gasteiger partial charge in [0.05, 0.1) is 19.8 Å². The zero-order chi connectivity index (χ0) is 12.4. The Bertz CT molecular complexity index is 269. The lowest BCUT2D eigenvalue weighted by atomic mass is 9.92. The average Bonchev–Trinajstić information content (AvgIpc) is 2.56. The zero-order valence-corrected chi connectivity index (χ0v) is 9.06. The molecule has 1 saturated heterocycles. The number of rotatable bonds is 3. The fraction of sp³-hybridized carbons (Fsp3) is 0.889. The van der Waals surface area contributed by atoms with Crippen molar-refractivity contribution >= 4 is 5.97 Å². The second kappa shape index (κ2) is 4.58. The maximum atomic E-state index is 12.1. The van der Waals surface area contributed by atoms with Gasteiger partial charge >= 0.3 is 12.1 Å². The first-order valence-corrected chi connectivity index (χ1v) is 4.83. The van der Waals surface area contributed by atoms with Crippen molar-refractivity contribution in [1.29, 1.82) is 0 Å². The fourth-order valence-electron chi connectivity index (χ4n) is 1.75. The number of alkyl halides is 3. The van der Waals surface area contributed by atoms with Crippen molar-refractivity contribution in [3.8, 4) is 0 Å². The quantitative estimate of drug-likeness (QED) is 0.744. The Kier molecular flexibility index (Phi) is 3.80. The number of hydrogen-bond donors (Lipinski definition) is 1. The monoisotopic (exact) mass is 241 g/mol. The van der Waals surface area contributed by atoms with Gasteiger partial charge in [-0.05, 0) is 6.92 Å². The molecule has 94 valence electrons. The number of nitrogens with one attached hydrogen (secondary N) is 1. The van der Waals surface area contributed by atoms with E-state index in [1.807, 2.05) is 0 Å². The Balaban J connectivity index is 2.76. The first-order valence-electron chi connectivity index (χ1n) is 4.83. The molecule has 0 aromatic rings. The van der Waals surface area contributed by atoms with E-state index >= 15 is 0 Å². The van der Waals surface area contributed by atoms with E-state index in [-0.39, 0.29) is 13.0 Å². The van der Waals surface area contributed by atoms with Crippen molar-refractivity contribution in [2.75, 3.05) is 20.3 Å². The molecule has 0 radical (unpaired) electrons. The maximum Gasteiger partial charge on any atom is 0.401 e. The second-order valence-electron chi connectivity index (χ2n) is 3.69. The fourth-order valence-corrected chi connectivity index (χ4v) is 1.75. The third-order valence-corrected chi connectivity index (χ3v) is 2.71. The number of carbonyl (C=O) groups excluding carboxylic acids is 1. The summed E-state index contributed by atoms with van der Waals surface area (Å²) in [6.45, 7) is 0.546. The molecule has 0 amide bonds. The van der Waals surface area contributed by atoms with Crippen LogP contribution in [0.2, 0.25) is 0 Å². The van der Waals surface area contributed by atoms with Crippen LogP contribution in [0, 0.1) is 0 Å². The number of esters is 1. The predicted molar refractivity (Wildman–Crippen MR) is 48.8 cm³/mol. The molecule has 7 heteroatoms. The van der Waals surface area contributed by atoms with Gasteiger partial charge in [-0.2, -0.15) is 13.2 Å². The highest BCUT2D eigenvalue weighted by Crippen LogP contribution is 2.28. The highest BCUT2D eigenvalue weighted by molar-refractivity contribution is 5.82. The lowest BCUT2D eigenvalue weighted by molar-refractivity contribution is -0.156. The summed E-state index contributed by atoms with van der Waals surface area (Å²) in [5, 5.41) is 2.21. The topological polar surface area (TPSA) is 47.6 Å². The van der Waals surface area contributed by atoms with Crippen LogP contribution in [0.25, 0.3) is 0 Å². The van der Waals surface area contributed by atoms with E-state index in [1.54, 1.807) is 6.92 Å². The molecule has 0 bridgehead atoms. The van der Waals surface area contributed by atoms with Gasteiger partial charge in [0.2, 0.25) is 0 Å². The lowest BCUT2D eigenvalue weighted by Gasteiger charge is -2.30.